The summed E-state index contributed by atoms with van der Waals surface area (Å²) in [6.07, 6.45) is 0. The lowest BCUT2D eigenvalue weighted by molar-refractivity contribution is 0.132. The molecule has 5 nitrogen and oxygen atoms in total. The van der Waals surface area contributed by atoms with Crippen molar-refractivity contribution in [3.05, 3.63) is 65.2 Å². The fourth-order valence-corrected chi connectivity index (χ4v) is 3.27. The van der Waals surface area contributed by atoms with E-state index in [2.05, 4.69) is 70.4 Å². The molecule has 0 amide bonds. The van der Waals surface area contributed by atoms with E-state index < -0.39 is 0 Å². The molecule has 1 saturated heterocycles. The molecule has 28 heavy (non-hydrogen) atoms. The quantitative estimate of drug-likeness (QED) is 0.366. The Morgan fingerprint density at radius 2 is 1.50 bits per heavy atom. The fourth-order valence-electron chi connectivity index (χ4n) is 3.27. The van der Waals surface area contributed by atoms with Gasteiger partial charge in [-0.2, -0.15) is 0 Å². The summed E-state index contributed by atoms with van der Waals surface area (Å²) < 4.78 is 0. The fraction of sp³-hybridized carbons (Fsp3) is 0.409. The Balaban J connectivity index is 0.00000280. The third kappa shape index (κ3) is 7.07. The zero-order valence-corrected chi connectivity index (χ0v) is 19.2. The second kappa shape index (κ2) is 11.4. The molecule has 1 aliphatic rings. The highest BCUT2D eigenvalue weighted by atomic mass is 127. The largest absolute Gasteiger partial charge is 0.370 e. The Morgan fingerprint density at radius 3 is 2.11 bits per heavy atom. The number of likely N-dealkylation sites (N-methyl/N-ethyl adjacent to an activating group) is 1. The van der Waals surface area contributed by atoms with Crippen molar-refractivity contribution in [2.75, 3.05) is 38.0 Å². The van der Waals surface area contributed by atoms with Gasteiger partial charge in [-0.1, -0.05) is 48.9 Å². The van der Waals surface area contributed by atoms with Crippen LogP contribution in [0.3, 0.4) is 0 Å². The van der Waals surface area contributed by atoms with Crippen LogP contribution in [0.1, 0.15) is 23.6 Å². The van der Waals surface area contributed by atoms with Crippen LogP contribution in [0.2, 0.25) is 0 Å². The third-order valence-corrected chi connectivity index (χ3v) is 5.10. The minimum absolute atomic E-state index is 0. The van der Waals surface area contributed by atoms with E-state index in [1.54, 1.807) is 0 Å². The number of nitrogens with two attached hydrogens (primary N) is 1. The van der Waals surface area contributed by atoms with E-state index in [4.69, 9.17) is 5.73 Å². The van der Waals surface area contributed by atoms with Crippen LogP contribution >= 0.6 is 24.0 Å². The minimum Gasteiger partial charge on any atom is -0.370 e. The number of hydrogen-bond acceptors (Lipinski definition) is 3. The van der Waals surface area contributed by atoms with Crippen molar-refractivity contribution in [3.63, 3.8) is 0 Å². The molecule has 0 bridgehead atoms. The van der Waals surface area contributed by atoms with Gasteiger partial charge in [-0.3, -0.25) is 4.90 Å². The second-order valence-electron chi connectivity index (χ2n) is 7.22. The zero-order chi connectivity index (χ0) is 19.1. The predicted molar refractivity (Wildman–Crippen MR) is 129 cm³/mol. The van der Waals surface area contributed by atoms with Crippen LogP contribution < -0.4 is 11.1 Å². The maximum Gasteiger partial charge on any atom is 0.193 e. The highest BCUT2D eigenvalue weighted by molar-refractivity contribution is 14.0. The highest BCUT2D eigenvalue weighted by Crippen LogP contribution is 2.11. The van der Waals surface area contributed by atoms with Crippen LogP contribution in [0.5, 0.6) is 0 Å². The summed E-state index contributed by atoms with van der Waals surface area (Å²) in [4.78, 5) is 9.48. The van der Waals surface area contributed by atoms with E-state index in [9.17, 15) is 0 Å². The zero-order valence-electron chi connectivity index (χ0n) is 16.9. The number of benzene rings is 2. The van der Waals surface area contributed by atoms with Gasteiger partial charge in [0.2, 0.25) is 0 Å². The van der Waals surface area contributed by atoms with Gasteiger partial charge >= 0.3 is 0 Å². The molecule has 152 valence electrons. The van der Waals surface area contributed by atoms with Gasteiger partial charge in [-0.25, -0.2) is 4.99 Å². The second-order valence-corrected chi connectivity index (χ2v) is 7.22. The van der Waals surface area contributed by atoms with Gasteiger partial charge in [-0.15, -0.1) is 24.0 Å². The van der Waals surface area contributed by atoms with E-state index in [-0.39, 0.29) is 24.0 Å². The average Bonchev–Trinajstić information content (AvgIpc) is 2.70. The molecular weight excluding hydrogens is 461 g/mol. The number of piperazine rings is 1. The number of halogens is 1. The lowest BCUT2D eigenvalue weighted by Crippen LogP contribution is -2.45. The number of anilines is 1. The molecule has 0 radical (unpaired) electrons. The molecule has 0 unspecified atom stereocenters. The maximum absolute atomic E-state index is 6.00. The number of aliphatic imine (C=N–C) groups is 1. The Labute approximate surface area is 186 Å². The molecule has 3 rings (SSSR count). The van der Waals surface area contributed by atoms with E-state index in [1.807, 2.05) is 12.1 Å². The molecule has 6 heteroatoms. The number of nitrogens with one attached hydrogen (secondary N) is 1. The van der Waals surface area contributed by atoms with Crippen LogP contribution in [-0.4, -0.2) is 48.5 Å². The number of aryl methyl sites for hydroxylation is 1. The highest BCUT2D eigenvalue weighted by Gasteiger charge is 2.15. The summed E-state index contributed by atoms with van der Waals surface area (Å²) in [5.74, 6) is 0.441. The van der Waals surface area contributed by atoms with Gasteiger partial charge in [0, 0.05) is 38.4 Å². The molecule has 0 aliphatic carbocycles. The third-order valence-electron chi connectivity index (χ3n) is 5.10. The normalized spacial score (nSPS) is 15.9. The summed E-state index contributed by atoms with van der Waals surface area (Å²) in [5.41, 5.74) is 10.7. The molecule has 2 aromatic carbocycles. The summed E-state index contributed by atoms with van der Waals surface area (Å²) in [6.45, 7) is 11.7. The molecule has 1 heterocycles. The van der Waals surface area contributed by atoms with Crippen molar-refractivity contribution in [3.8, 4) is 0 Å². The average molecular weight is 493 g/mol. The number of hydrogen-bond donors (Lipinski definition) is 2. The summed E-state index contributed by atoms with van der Waals surface area (Å²) in [5, 5.41) is 3.13. The Bertz CT molecular complexity index is 735. The van der Waals surface area contributed by atoms with Crippen molar-refractivity contribution < 1.29 is 0 Å². The van der Waals surface area contributed by atoms with Crippen molar-refractivity contribution >= 4 is 35.6 Å². The van der Waals surface area contributed by atoms with Crippen LogP contribution in [0, 0.1) is 6.92 Å². The van der Waals surface area contributed by atoms with E-state index in [1.165, 1.54) is 29.8 Å². The SMILES string of the molecule is CCN1CCN(Cc2ccc(CN=C(N)Nc3ccc(C)cc3)cc2)CC1.I. The summed E-state index contributed by atoms with van der Waals surface area (Å²) in [7, 11) is 0. The van der Waals surface area contributed by atoms with Crippen LogP contribution in [0.15, 0.2) is 53.5 Å². The van der Waals surface area contributed by atoms with Gasteiger partial charge in [0.15, 0.2) is 5.96 Å². The van der Waals surface area contributed by atoms with Crippen molar-refractivity contribution in [1.29, 1.82) is 0 Å². The molecule has 0 atom stereocenters. The first-order valence-electron chi connectivity index (χ1n) is 9.78. The van der Waals surface area contributed by atoms with Gasteiger partial charge < -0.3 is 16.0 Å². The van der Waals surface area contributed by atoms with Gasteiger partial charge in [0.25, 0.3) is 0 Å². The Morgan fingerprint density at radius 1 is 0.929 bits per heavy atom. The first-order valence-corrected chi connectivity index (χ1v) is 9.78. The summed E-state index contributed by atoms with van der Waals surface area (Å²) >= 11 is 0. The molecule has 0 aromatic heterocycles. The van der Waals surface area contributed by atoms with Gasteiger partial charge in [-0.05, 0) is 36.7 Å². The van der Waals surface area contributed by atoms with Gasteiger partial charge in [0.05, 0.1) is 6.54 Å². The molecular formula is C22H32IN5. The first kappa shape index (κ1) is 22.6. The minimum atomic E-state index is 0. The van der Waals surface area contributed by atoms with Crippen LogP contribution in [-0.2, 0) is 13.1 Å². The predicted octanol–water partition coefficient (Wildman–Crippen LogP) is 3.68. The first-order chi connectivity index (χ1) is 13.1. The van der Waals surface area contributed by atoms with E-state index >= 15 is 0 Å². The van der Waals surface area contributed by atoms with E-state index in [0.29, 0.717) is 12.5 Å². The standard InChI is InChI=1S/C22H31N5.HI/c1-3-26-12-14-27(15-13-26)17-20-8-6-19(7-9-20)16-24-22(23)25-21-10-4-18(2)5-11-21;/h4-11H,3,12-17H2,1-2H3,(H3,23,24,25);1H. The molecule has 1 aliphatic heterocycles. The monoisotopic (exact) mass is 493 g/mol. The topological polar surface area (TPSA) is 56.9 Å². The van der Waals surface area contributed by atoms with E-state index in [0.717, 1.165) is 31.9 Å². The number of nitrogens with zero attached hydrogens (tertiary/aromatic N) is 3. The number of guanidine groups is 1. The molecule has 3 N–H and O–H groups in total. The Kier molecular flexibility index (Phi) is 9.21. The van der Waals surface area contributed by atoms with Crippen LogP contribution in [0.4, 0.5) is 5.69 Å². The molecule has 0 saturated carbocycles. The summed E-state index contributed by atoms with van der Waals surface area (Å²) in [6, 6.07) is 16.8. The molecule has 0 spiro atoms. The lowest BCUT2D eigenvalue weighted by atomic mass is 10.1. The molecule has 2 aromatic rings. The smallest absolute Gasteiger partial charge is 0.193 e. The number of rotatable bonds is 6. The van der Waals surface area contributed by atoms with Crippen molar-refractivity contribution in [1.82, 2.24) is 9.80 Å². The maximum atomic E-state index is 6.00. The lowest BCUT2D eigenvalue weighted by Gasteiger charge is -2.34. The van der Waals surface area contributed by atoms with Gasteiger partial charge in [0.1, 0.15) is 0 Å². The van der Waals surface area contributed by atoms with Crippen molar-refractivity contribution in [2.24, 2.45) is 10.7 Å². The van der Waals surface area contributed by atoms with Crippen molar-refractivity contribution in [2.45, 2.75) is 26.9 Å². The Hall–Kier alpha value is -1.64. The van der Waals surface area contributed by atoms with Crippen LogP contribution in [0.25, 0.3) is 0 Å². The molecule has 1 fully saturated rings.